The Bertz CT molecular complexity index is 859. The minimum Gasteiger partial charge on any atom is -0.442 e. The number of hydrogen-bond acceptors (Lipinski definition) is 7. The third-order valence-corrected chi connectivity index (χ3v) is 4.52. The maximum atomic E-state index is 12.2. The summed E-state index contributed by atoms with van der Waals surface area (Å²) < 4.78 is 39.7. The van der Waals surface area contributed by atoms with Gasteiger partial charge in [0.1, 0.15) is 11.2 Å². The molecular weight excluding hydrogens is 376 g/mol. The predicted octanol–water partition coefficient (Wildman–Crippen LogP) is 2.99. The van der Waals surface area contributed by atoms with Crippen molar-refractivity contribution in [1.82, 2.24) is 10.1 Å². The average Bonchev–Trinajstić information content (AvgIpc) is 3.16. The van der Waals surface area contributed by atoms with Crippen LogP contribution in [0.4, 0.5) is 0 Å². The van der Waals surface area contributed by atoms with Crippen molar-refractivity contribution in [1.29, 1.82) is 0 Å². The molecule has 0 saturated carbocycles. The normalized spacial score (nSPS) is 11.5. The summed E-state index contributed by atoms with van der Waals surface area (Å²) in [4.78, 5) is 3.96. The van der Waals surface area contributed by atoms with Gasteiger partial charge in [0.15, 0.2) is 0 Å². The number of hydrogen-bond donors (Lipinski definition) is 0. The molecular formula is C13H9BrN2O5S. The van der Waals surface area contributed by atoms with Crippen LogP contribution in [0, 0.1) is 0 Å². The van der Waals surface area contributed by atoms with Crippen LogP contribution in [0.1, 0.15) is 5.56 Å². The predicted molar refractivity (Wildman–Crippen MR) is 78.9 cm³/mol. The zero-order valence-electron chi connectivity index (χ0n) is 11.0. The Morgan fingerprint density at radius 2 is 2.00 bits per heavy atom. The Kier molecular flexibility index (Phi) is 3.99. The average molecular weight is 385 g/mol. The highest BCUT2D eigenvalue weighted by Crippen LogP contribution is 2.33. The van der Waals surface area contributed by atoms with Crippen molar-refractivity contribution < 1.29 is 21.5 Å². The second-order valence-corrected chi connectivity index (χ2v) is 6.22. The van der Waals surface area contributed by atoms with Crippen molar-refractivity contribution in [3.63, 3.8) is 0 Å². The maximum Gasteiger partial charge on any atom is 0.340 e. The SMILES string of the molecule is O=S(=O)(Oc1noc(-c2ncco2)c1CBr)c1ccccc1. The Morgan fingerprint density at radius 1 is 1.23 bits per heavy atom. The maximum absolute atomic E-state index is 12.2. The molecule has 0 spiro atoms. The van der Waals surface area contributed by atoms with Crippen LogP contribution in [0.15, 0.2) is 56.6 Å². The molecule has 2 heterocycles. The van der Waals surface area contributed by atoms with E-state index in [2.05, 4.69) is 26.1 Å². The fraction of sp³-hybridized carbons (Fsp3) is 0.0769. The highest BCUT2D eigenvalue weighted by molar-refractivity contribution is 9.08. The van der Waals surface area contributed by atoms with Crippen LogP contribution in [0.3, 0.4) is 0 Å². The standard InChI is InChI=1S/C13H9BrN2O5S/c14-8-10-11(13-15-6-7-19-13)20-16-12(10)21-22(17,18)9-4-2-1-3-5-9/h1-7H,8H2. The molecule has 0 bridgehead atoms. The van der Waals surface area contributed by atoms with E-state index in [9.17, 15) is 8.42 Å². The van der Waals surface area contributed by atoms with Crippen LogP contribution in [0.2, 0.25) is 0 Å². The van der Waals surface area contributed by atoms with Gasteiger partial charge in [-0.3, -0.25) is 0 Å². The summed E-state index contributed by atoms with van der Waals surface area (Å²) >= 11 is 3.24. The van der Waals surface area contributed by atoms with Crippen LogP contribution in [0.5, 0.6) is 5.88 Å². The molecule has 0 aliphatic carbocycles. The molecule has 114 valence electrons. The molecule has 7 nitrogen and oxygen atoms in total. The van der Waals surface area contributed by atoms with Gasteiger partial charge in [-0.05, 0) is 17.3 Å². The Hall–Kier alpha value is -2.13. The minimum atomic E-state index is -4.00. The van der Waals surface area contributed by atoms with Gasteiger partial charge in [-0.15, -0.1) is 0 Å². The van der Waals surface area contributed by atoms with Crippen molar-refractivity contribution >= 4 is 26.0 Å². The van der Waals surface area contributed by atoms with Crippen molar-refractivity contribution in [2.45, 2.75) is 10.2 Å². The largest absolute Gasteiger partial charge is 0.442 e. The Labute approximate surface area is 134 Å². The van der Waals surface area contributed by atoms with Gasteiger partial charge < -0.3 is 13.1 Å². The van der Waals surface area contributed by atoms with Gasteiger partial charge in [0.05, 0.1) is 11.8 Å². The smallest absolute Gasteiger partial charge is 0.340 e. The number of alkyl halides is 1. The van der Waals surface area contributed by atoms with Crippen LogP contribution in [-0.2, 0) is 15.4 Å². The van der Waals surface area contributed by atoms with Crippen LogP contribution in [0.25, 0.3) is 11.7 Å². The molecule has 0 amide bonds. The summed E-state index contributed by atoms with van der Waals surface area (Å²) in [6.45, 7) is 0. The first-order chi connectivity index (χ1) is 10.6. The van der Waals surface area contributed by atoms with E-state index < -0.39 is 10.1 Å². The van der Waals surface area contributed by atoms with Gasteiger partial charge in [0.25, 0.3) is 11.8 Å². The summed E-state index contributed by atoms with van der Waals surface area (Å²) in [7, 11) is -4.00. The summed E-state index contributed by atoms with van der Waals surface area (Å²) in [5.74, 6) is 0.239. The minimum absolute atomic E-state index is 0.0243. The molecule has 0 radical (unpaired) electrons. The van der Waals surface area contributed by atoms with Crippen molar-refractivity contribution in [3.05, 3.63) is 48.4 Å². The lowest BCUT2D eigenvalue weighted by molar-refractivity contribution is 0.382. The number of oxazole rings is 1. The molecule has 3 aromatic rings. The van der Waals surface area contributed by atoms with E-state index in [4.69, 9.17) is 13.1 Å². The van der Waals surface area contributed by atoms with Gasteiger partial charge in [-0.25, -0.2) is 4.98 Å². The number of aromatic nitrogens is 2. The summed E-state index contributed by atoms with van der Waals surface area (Å²) in [6.07, 6.45) is 2.81. The molecule has 22 heavy (non-hydrogen) atoms. The van der Waals surface area contributed by atoms with Crippen LogP contribution in [-0.4, -0.2) is 18.6 Å². The molecule has 0 saturated heterocycles. The van der Waals surface area contributed by atoms with E-state index in [1.165, 1.54) is 24.6 Å². The third-order valence-electron chi connectivity index (χ3n) is 2.73. The monoisotopic (exact) mass is 384 g/mol. The van der Waals surface area contributed by atoms with Crippen LogP contribution >= 0.6 is 15.9 Å². The second kappa shape index (κ2) is 5.93. The molecule has 0 unspecified atom stereocenters. The van der Waals surface area contributed by atoms with E-state index in [1.807, 2.05) is 0 Å². The first-order valence-corrected chi connectivity index (χ1v) is 8.58. The number of nitrogens with zero attached hydrogens (tertiary/aromatic N) is 2. The lowest BCUT2D eigenvalue weighted by Crippen LogP contribution is -2.10. The molecule has 9 heteroatoms. The van der Waals surface area contributed by atoms with Gasteiger partial charge >= 0.3 is 10.1 Å². The summed E-state index contributed by atoms with van der Waals surface area (Å²) in [6, 6.07) is 7.77. The van der Waals surface area contributed by atoms with E-state index in [1.54, 1.807) is 18.2 Å². The zero-order valence-corrected chi connectivity index (χ0v) is 13.4. The Morgan fingerprint density at radius 3 is 2.64 bits per heavy atom. The fourth-order valence-electron chi connectivity index (χ4n) is 1.72. The molecule has 0 fully saturated rings. The first kappa shape index (κ1) is 14.8. The van der Waals surface area contributed by atoms with Gasteiger partial charge in [0.2, 0.25) is 5.76 Å². The number of benzene rings is 1. The number of rotatable bonds is 5. The fourth-order valence-corrected chi connectivity index (χ4v) is 3.14. The molecule has 1 aromatic carbocycles. The highest BCUT2D eigenvalue weighted by Gasteiger charge is 2.26. The Balaban J connectivity index is 1.97. The van der Waals surface area contributed by atoms with Gasteiger partial charge in [0, 0.05) is 5.33 Å². The number of halogens is 1. The zero-order chi connectivity index (χ0) is 15.6. The van der Waals surface area contributed by atoms with E-state index >= 15 is 0 Å². The molecule has 3 rings (SSSR count). The van der Waals surface area contributed by atoms with Crippen molar-refractivity contribution in [2.75, 3.05) is 0 Å². The van der Waals surface area contributed by atoms with E-state index in [0.29, 0.717) is 5.56 Å². The third kappa shape index (κ3) is 2.77. The summed E-state index contributed by atoms with van der Waals surface area (Å²) in [5.41, 5.74) is 0.391. The van der Waals surface area contributed by atoms with Crippen molar-refractivity contribution in [3.8, 4) is 17.5 Å². The van der Waals surface area contributed by atoms with E-state index in [-0.39, 0.29) is 27.8 Å². The molecule has 0 aliphatic rings. The lowest BCUT2D eigenvalue weighted by Gasteiger charge is -2.04. The van der Waals surface area contributed by atoms with Crippen LogP contribution < -0.4 is 4.18 Å². The molecule has 0 N–H and O–H groups in total. The molecule has 0 aliphatic heterocycles. The van der Waals surface area contributed by atoms with Gasteiger partial charge in [-0.1, -0.05) is 34.1 Å². The van der Waals surface area contributed by atoms with Gasteiger partial charge in [-0.2, -0.15) is 8.42 Å². The molecule has 2 aromatic heterocycles. The lowest BCUT2D eigenvalue weighted by atomic mass is 10.3. The summed E-state index contributed by atoms with van der Waals surface area (Å²) in [5, 5.41) is 3.91. The first-order valence-electron chi connectivity index (χ1n) is 6.06. The highest BCUT2D eigenvalue weighted by atomic mass is 79.9. The topological polar surface area (TPSA) is 95.4 Å². The molecule has 0 atom stereocenters. The van der Waals surface area contributed by atoms with E-state index in [0.717, 1.165) is 0 Å². The quantitative estimate of drug-likeness (QED) is 0.492. The second-order valence-electron chi connectivity index (χ2n) is 4.12. The van der Waals surface area contributed by atoms with Crippen molar-refractivity contribution in [2.24, 2.45) is 0 Å².